The number of aryl methyl sites for hydroxylation is 2. The first kappa shape index (κ1) is 12.2. The van der Waals surface area contributed by atoms with E-state index < -0.39 is 5.97 Å². The molecule has 0 unspecified atom stereocenters. The summed E-state index contributed by atoms with van der Waals surface area (Å²) in [6, 6.07) is 7.82. The zero-order valence-electron chi connectivity index (χ0n) is 10.3. The molecule has 0 saturated heterocycles. The van der Waals surface area contributed by atoms with Gasteiger partial charge in [0.1, 0.15) is 0 Å². The second kappa shape index (κ2) is 4.91. The maximum Gasteiger partial charge on any atom is 0.356 e. The number of carbonyl (C=O) groups is 1. The lowest BCUT2D eigenvalue weighted by molar-refractivity contribution is 0.0686. The molecule has 0 bridgehead atoms. The number of rotatable bonds is 4. The SMILES string of the molecule is CCc1ccccc1Nc1cnn(C)c1C(=O)O. The summed E-state index contributed by atoms with van der Waals surface area (Å²) < 4.78 is 1.35. The van der Waals surface area contributed by atoms with E-state index in [0.29, 0.717) is 5.69 Å². The Balaban J connectivity index is 2.37. The first-order valence-electron chi connectivity index (χ1n) is 5.73. The van der Waals surface area contributed by atoms with Gasteiger partial charge in [-0.3, -0.25) is 4.68 Å². The van der Waals surface area contributed by atoms with Crippen molar-refractivity contribution in [1.29, 1.82) is 0 Å². The molecule has 1 heterocycles. The van der Waals surface area contributed by atoms with Gasteiger partial charge in [-0.1, -0.05) is 25.1 Å². The van der Waals surface area contributed by atoms with E-state index in [-0.39, 0.29) is 5.69 Å². The maximum atomic E-state index is 11.1. The number of carboxylic acids is 1. The van der Waals surface area contributed by atoms with Crippen LogP contribution in [0, 0.1) is 0 Å². The minimum atomic E-state index is -0.994. The zero-order chi connectivity index (χ0) is 13.1. The first-order valence-corrected chi connectivity index (χ1v) is 5.73. The van der Waals surface area contributed by atoms with Crippen molar-refractivity contribution < 1.29 is 9.90 Å². The van der Waals surface area contributed by atoms with Gasteiger partial charge >= 0.3 is 5.97 Å². The Bertz CT molecular complexity index is 575. The predicted octanol–water partition coefficient (Wildman–Crippen LogP) is 2.42. The molecule has 5 heteroatoms. The average molecular weight is 245 g/mol. The van der Waals surface area contributed by atoms with Crippen LogP contribution in [0.25, 0.3) is 0 Å². The highest BCUT2D eigenvalue weighted by molar-refractivity contribution is 5.93. The fourth-order valence-electron chi connectivity index (χ4n) is 1.88. The largest absolute Gasteiger partial charge is 0.476 e. The topological polar surface area (TPSA) is 67.2 Å². The number of benzene rings is 1. The van der Waals surface area contributed by atoms with E-state index in [9.17, 15) is 4.79 Å². The number of para-hydroxylation sites is 1. The molecule has 2 aromatic rings. The van der Waals surface area contributed by atoms with E-state index in [0.717, 1.165) is 17.7 Å². The van der Waals surface area contributed by atoms with Crippen LogP contribution in [-0.2, 0) is 13.5 Å². The summed E-state index contributed by atoms with van der Waals surface area (Å²) in [5, 5.41) is 16.2. The van der Waals surface area contributed by atoms with Crippen LogP contribution in [0.4, 0.5) is 11.4 Å². The van der Waals surface area contributed by atoms with Gasteiger partial charge in [-0.25, -0.2) is 4.79 Å². The molecule has 18 heavy (non-hydrogen) atoms. The molecule has 0 aliphatic rings. The second-order valence-electron chi connectivity index (χ2n) is 3.97. The Morgan fingerprint density at radius 1 is 1.39 bits per heavy atom. The molecule has 0 amide bonds. The van der Waals surface area contributed by atoms with Crippen molar-refractivity contribution >= 4 is 17.3 Å². The summed E-state index contributed by atoms with van der Waals surface area (Å²) in [4.78, 5) is 11.1. The summed E-state index contributed by atoms with van der Waals surface area (Å²) in [7, 11) is 1.61. The summed E-state index contributed by atoms with van der Waals surface area (Å²) >= 11 is 0. The summed E-state index contributed by atoms with van der Waals surface area (Å²) in [5.41, 5.74) is 2.71. The van der Waals surface area contributed by atoms with Crippen molar-refractivity contribution in [1.82, 2.24) is 9.78 Å². The van der Waals surface area contributed by atoms with Crippen molar-refractivity contribution in [2.45, 2.75) is 13.3 Å². The third kappa shape index (κ3) is 2.20. The molecule has 94 valence electrons. The number of anilines is 2. The molecule has 0 aliphatic heterocycles. The van der Waals surface area contributed by atoms with Crippen LogP contribution in [0.2, 0.25) is 0 Å². The van der Waals surface area contributed by atoms with E-state index >= 15 is 0 Å². The molecule has 0 atom stereocenters. The van der Waals surface area contributed by atoms with Gasteiger partial charge in [0.2, 0.25) is 0 Å². The smallest absolute Gasteiger partial charge is 0.356 e. The minimum Gasteiger partial charge on any atom is -0.476 e. The van der Waals surface area contributed by atoms with Gasteiger partial charge in [0.05, 0.1) is 11.9 Å². The van der Waals surface area contributed by atoms with Gasteiger partial charge in [0, 0.05) is 12.7 Å². The molecular weight excluding hydrogens is 230 g/mol. The second-order valence-corrected chi connectivity index (χ2v) is 3.97. The Hall–Kier alpha value is -2.30. The van der Waals surface area contributed by atoms with Crippen molar-refractivity contribution in [2.75, 3.05) is 5.32 Å². The quantitative estimate of drug-likeness (QED) is 0.868. The number of carboxylic acid groups (broad SMARTS) is 1. The normalized spacial score (nSPS) is 10.3. The lowest BCUT2D eigenvalue weighted by atomic mass is 10.1. The summed E-state index contributed by atoms with van der Waals surface area (Å²) in [6.45, 7) is 2.06. The molecule has 0 spiro atoms. The summed E-state index contributed by atoms with van der Waals surface area (Å²) in [5.74, 6) is -0.994. The lowest BCUT2D eigenvalue weighted by Crippen LogP contribution is -2.08. The molecule has 1 aromatic heterocycles. The van der Waals surface area contributed by atoms with E-state index in [2.05, 4.69) is 17.3 Å². The van der Waals surface area contributed by atoms with Crippen LogP contribution in [0.1, 0.15) is 23.0 Å². The van der Waals surface area contributed by atoms with Crippen molar-refractivity contribution in [3.8, 4) is 0 Å². The third-order valence-corrected chi connectivity index (χ3v) is 2.81. The van der Waals surface area contributed by atoms with E-state index in [4.69, 9.17) is 5.11 Å². The Morgan fingerprint density at radius 2 is 2.11 bits per heavy atom. The maximum absolute atomic E-state index is 11.1. The molecule has 1 aromatic carbocycles. The lowest BCUT2D eigenvalue weighted by Gasteiger charge is -2.10. The highest BCUT2D eigenvalue weighted by Gasteiger charge is 2.16. The van der Waals surface area contributed by atoms with Crippen molar-refractivity contribution in [3.63, 3.8) is 0 Å². The van der Waals surface area contributed by atoms with Gasteiger partial charge in [-0.2, -0.15) is 5.10 Å². The van der Waals surface area contributed by atoms with Crippen LogP contribution in [0.5, 0.6) is 0 Å². The molecule has 0 aliphatic carbocycles. The van der Waals surface area contributed by atoms with Gasteiger partial charge in [-0.05, 0) is 18.1 Å². The van der Waals surface area contributed by atoms with Crippen LogP contribution < -0.4 is 5.32 Å². The van der Waals surface area contributed by atoms with Gasteiger partial charge in [0.15, 0.2) is 5.69 Å². The molecule has 2 N–H and O–H groups in total. The predicted molar refractivity (Wildman–Crippen MR) is 69.3 cm³/mol. The van der Waals surface area contributed by atoms with Crippen LogP contribution >= 0.6 is 0 Å². The van der Waals surface area contributed by atoms with E-state index in [1.807, 2.05) is 24.3 Å². The standard InChI is InChI=1S/C13H15N3O2/c1-3-9-6-4-5-7-10(9)15-11-8-14-16(2)12(11)13(17)18/h4-8,15H,3H2,1-2H3,(H,17,18). The minimum absolute atomic E-state index is 0.154. The number of hydrogen-bond donors (Lipinski definition) is 2. The van der Waals surface area contributed by atoms with E-state index in [1.54, 1.807) is 7.05 Å². The number of nitrogens with zero attached hydrogens (tertiary/aromatic N) is 2. The number of hydrogen-bond acceptors (Lipinski definition) is 3. The zero-order valence-corrected chi connectivity index (χ0v) is 10.3. The fourth-order valence-corrected chi connectivity index (χ4v) is 1.88. The Morgan fingerprint density at radius 3 is 2.78 bits per heavy atom. The van der Waals surface area contributed by atoms with Crippen LogP contribution in [0.15, 0.2) is 30.5 Å². The number of aromatic carboxylic acids is 1. The number of aromatic nitrogens is 2. The van der Waals surface area contributed by atoms with Gasteiger partial charge in [0.25, 0.3) is 0 Å². The monoisotopic (exact) mass is 245 g/mol. The van der Waals surface area contributed by atoms with Gasteiger partial charge in [-0.15, -0.1) is 0 Å². The highest BCUT2D eigenvalue weighted by Crippen LogP contribution is 2.23. The molecular formula is C13H15N3O2. The average Bonchev–Trinajstić information content (AvgIpc) is 2.71. The van der Waals surface area contributed by atoms with Crippen LogP contribution in [-0.4, -0.2) is 20.9 Å². The third-order valence-electron chi connectivity index (χ3n) is 2.81. The Kier molecular flexibility index (Phi) is 3.32. The van der Waals surface area contributed by atoms with E-state index in [1.165, 1.54) is 10.9 Å². The van der Waals surface area contributed by atoms with Crippen LogP contribution in [0.3, 0.4) is 0 Å². The molecule has 5 nitrogen and oxygen atoms in total. The van der Waals surface area contributed by atoms with Gasteiger partial charge < -0.3 is 10.4 Å². The van der Waals surface area contributed by atoms with Crippen molar-refractivity contribution in [2.24, 2.45) is 7.05 Å². The Labute approximate surface area is 105 Å². The van der Waals surface area contributed by atoms with Crippen molar-refractivity contribution in [3.05, 3.63) is 41.7 Å². The first-order chi connectivity index (χ1) is 8.63. The molecule has 2 rings (SSSR count). The molecule has 0 radical (unpaired) electrons. The molecule has 0 saturated carbocycles. The number of nitrogens with one attached hydrogen (secondary N) is 1. The fraction of sp³-hybridized carbons (Fsp3) is 0.231. The highest BCUT2D eigenvalue weighted by atomic mass is 16.4. The molecule has 0 fully saturated rings. The summed E-state index contributed by atoms with van der Waals surface area (Å²) in [6.07, 6.45) is 2.40.